The molecule has 7 nitrogen and oxygen atoms in total. The van der Waals surface area contributed by atoms with Crippen LogP contribution < -0.4 is 5.32 Å². The van der Waals surface area contributed by atoms with Gasteiger partial charge in [-0.2, -0.15) is 0 Å². The van der Waals surface area contributed by atoms with Crippen LogP contribution in [-0.2, 0) is 9.53 Å². The number of ether oxygens (including phenoxy) is 1. The highest BCUT2D eigenvalue weighted by Gasteiger charge is 2.31. The maximum Gasteiger partial charge on any atom is 0.411 e. The Bertz CT molecular complexity index is 1220. The molecule has 0 aromatic heterocycles. The van der Waals surface area contributed by atoms with Crippen molar-refractivity contribution in [2.24, 2.45) is 0 Å². The maximum absolute atomic E-state index is 12.8. The Morgan fingerprint density at radius 1 is 0.914 bits per heavy atom. The van der Waals surface area contributed by atoms with E-state index in [9.17, 15) is 14.4 Å². The van der Waals surface area contributed by atoms with Crippen molar-refractivity contribution in [1.29, 1.82) is 0 Å². The Morgan fingerprint density at radius 2 is 1.54 bits per heavy atom. The molecular formula is C28H26N2O5. The zero-order valence-corrected chi connectivity index (χ0v) is 19.1. The second kappa shape index (κ2) is 9.62. The molecule has 2 N–H and O–H groups in total. The topological polar surface area (TPSA) is 95.9 Å². The van der Waals surface area contributed by atoms with Gasteiger partial charge in [-0.15, -0.1) is 0 Å². The standard InChI is InChI=1S/C28H26N2O5/c31-26(32)16-20-6-5-15-30(20)27(33)18-11-13-19(14-12-18)29-28(34)35-17-25-23-9-3-1-7-21(23)22-8-2-4-10-24(22)25/h1-4,7-14,20,25H,5-6,15-17H2,(H,29,34)(H,31,32)/t20-/m1/s1. The number of nitrogens with one attached hydrogen (secondary N) is 1. The van der Waals surface area contributed by atoms with Gasteiger partial charge in [0.1, 0.15) is 6.61 Å². The van der Waals surface area contributed by atoms with E-state index in [0.717, 1.165) is 17.5 Å². The summed E-state index contributed by atoms with van der Waals surface area (Å²) in [7, 11) is 0. The molecule has 0 radical (unpaired) electrons. The number of carboxylic acid groups (broad SMARTS) is 1. The van der Waals surface area contributed by atoms with Crippen LogP contribution >= 0.6 is 0 Å². The maximum atomic E-state index is 12.8. The summed E-state index contributed by atoms with van der Waals surface area (Å²) >= 11 is 0. The molecule has 2 aliphatic rings. The average molecular weight is 471 g/mol. The molecule has 3 aromatic carbocycles. The third-order valence-electron chi connectivity index (χ3n) is 6.77. The quantitative estimate of drug-likeness (QED) is 0.521. The zero-order chi connectivity index (χ0) is 24.4. The van der Waals surface area contributed by atoms with Crippen LogP contribution in [0.25, 0.3) is 11.1 Å². The molecule has 178 valence electrons. The lowest BCUT2D eigenvalue weighted by molar-refractivity contribution is -0.137. The fourth-order valence-corrected chi connectivity index (χ4v) is 5.13. The van der Waals surface area contributed by atoms with E-state index >= 15 is 0 Å². The molecule has 0 unspecified atom stereocenters. The van der Waals surface area contributed by atoms with Crippen LogP contribution in [0, 0.1) is 0 Å². The Labute approximate surface area is 203 Å². The van der Waals surface area contributed by atoms with Crippen molar-refractivity contribution in [1.82, 2.24) is 4.90 Å². The fourth-order valence-electron chi connectivity index (χ4n) is 5.13. The predicted molar refractivity (Wildman–Crippen MR) is 131 cm³/mol. The van der Waals surface area contributed by atoms with Gasteiger partial charge in [0.2, 0.25) is 0 Å². The van der Waals surface area contributed by atoms with Crippen LogP contribution in [0.4, 0.5) is 10.5 Å². The Balaban J connectivity index is 1.20. The molecule has 1 heterocycles. The van der Waals surface area contributed by atoms with Gasteiger partial charge in [-0.1, -0.05) is 48.5 Å². The van der Waals surface area contributed by atoms with Crippen molar-refractivity contribution in [3.05, 3.63) is 89.5 Å². The van der Waals surface area contributed by atoms with Crippen molar-refractivity contribution < 1.29 is 24.2 Å². The highest BCUT2D eigenvalue weighted by molar-refractivity contribution is 5.95. The molecule has 1 aliphatic carbocycles. The number of carboxylic acids is 1. The molecule has 2 amide bonds. The van der Waals surface area contributed by atoms with Gasteiger partial charge in [-0.25, -0.2) is 4.79 Å². The van der Waals surface area contributed by atoms with Crippen LogP contribution in [0.1, 0.15) is 46.7 Å². The number of rotatable bonds is 6. The lowest BCUT2D eigenvalue weighted by Gasteiger charge is -2.23. The van der Waals surface area contributed by atoms with Crippen LogP contribution in [0.2, 0.25) is 0 Å². The number of aliphatic carboxylic acids is 1. The van der Waals surface area contributed by atoms with Crippen LogP contribution in [-0.4, -0.2) is 47.2 Å². The van der Waals surface area contributed by atoms with E-state index in [4.69, 9.17) is 9.84 Å². The number of hydrogen-bond acceptors (Lipinski definition) is 4. The van der Waals surface area contributed by atoms with Gasteiger partial charge in [-0.3, -0.25) is 14.9 Å². The number of anilines is 1. The molecule has 0 spiro atoms. The summed E-state index contributed by atoms with van der Waals surface area (Å²) in [5, 5.41) is 11.8. The van der Waals surface area contributed by atoms with E-state index < -0.39 is 12.1 Å². The Hall–Kier alpha value is -4.13. The summed E-state index contributed by atoms with van der Waals surface area (Å²) in [5.41, 5.74) is 5.60. The summed E-state index contributed by atoms with van der Waals surface area (Å²) < 4.78 is 5.57. The molecular weight excluding hydrogens is 444 g/mol. The molecule has 1 atom stereocenters. The first-order valence-electron chi connectivity index (χ1n) is 11.8. The van der Waals surface area contributed by atoms with Crippen LogP contribution in [0.15, 0.2) is 72.8 Å². The fraction of sp³-hybridized carbons (Fsp3) is 0.250. The molecule has 1 saturated heterocycles. The van der Waals surface area contributed by atoms with E-state index in [1.807, 2.05) is 24.3 Å². The molecule has 1 aliphatic heterocycles. The minimum absolute atomic E-state index is 0.0210. The number of nitrogens with zero attached hydrogens (tertiary/aromatic N) is 1. The molecule has 7 heteroatoms. The number of likely N-dealkylation sites (tertiary alicyclic amines) is 1. The Morgan fingerprint density at radius 3 is 2.17 bits per heavy atom. The molecule has 0 bridgehead atoms. The number of benzene rings is 3. The van der Waals surface area contributed by atoms with Gasteiger partial charge in [0, 0.05) is 29.8 Å². The Kier molecular flexibility index (Phi) is 6.23. The van der Waals surface area contributed by atoms with Crippen molar-refractivity contribution in [3.63, 3.8) is 0 Å². The van der Waals surface area contributed by atoms with Crippen molar-refractivity contribution in [3.8, 4) is 11.1 Å². The minimum atomic E-state index is -0.905. The largest absolute Gasteiger partial charge is 0.481 e. The van der Waals surface area contributed by atoms with Gasteiger partial charge in [0.15, 0.2) is 0 Å². The van der Waals surface area contributed by atoms with Gasteiger partial charge in [0.25, 0.3) is 5.91 Å². The van der Waals surface area contributed by atoms with Gasteiger partial charge in [0.05, 0.1) is 6.42 Å². The van der Waals surface area contributed by atoms with E-state index in [2.05, 4.69) is 29.6 Å². The van der Waals surface area contributed by atoms with E-state index in [-0.39, 0.29) is 30.9 Å². The summed E-state index contributed by atoms with van der Waals surface area (Å²) in [5.74, 6) is -1.12. The van der Waals surface area contributed by atoms with Crippen molar-refractivity contribution >= 4 is 23.7 Å². The van der Waals surface area contributed by atoms with E-state index in [1.165, 1.54) is 11.1 Å². The number of hydrogen-bond donors (Lipinski definition) is 2. The summed E-state index contributed by atoms with van der Waals surface area (Å²) in [4.78, 5) is 38.1. The summed E-state index contributed by atoms with van der Waals surface area (Å²) in [6, 6.07) is 22.6. The molecule has 5 rings (SSSR count). The lowest BCUT2D eigenvalue weighted by atomic mass is 9.98. The molecule has 35 heavy (non-hydrogen) atoms. The zero-order valence-electron chi connectivity index (χ0n) is 19.1. The lowest BCUT2D eigenvalue weighted by Crippen LogP contribution is -2.36. The third-order valence-corrected chi connectivity index (χ3v) is 6.77. The van der Waals surface area contributed by atoms with E-state index in [0.29, 0.717) is 24.2 Å². The van der Waals surface area contributed by atoms with Crippen molar-refractivity contribution in [2.75, 3.05) is 18.5 Å². The van der Waals surface area contributed by atoms with Crippen molar-refractivity contribution in [2.45, 2.75) is 31.2 Å². The normalized spacial score (nSPS) is 16.5. The monoisotopic (exact) mass is 470 g/mol. The number of amides is 2. The van der Waals surface area contributed by atoms with Crippen LogP contribution in [0.3, 0.4) is 0 Å². The molecule has 0 saturated carbocycles. The average Bonchev–Trinajstić information content (AvgIpc) is 3.45. The number of carbonyl (C=O) groups excluding carboxylic acids is 2. The second-order valence-corrected chi connectivity index (χ2v) is 8.92. The number of fused-ring (bicyclic) bond motifs is 3. The highest BCUT2D eigenvalue weighted by atomic mass is 16.5. The van der Waals surface area contributed by atoms with Crippen LogP contribution in [0.5, 0.6) is 0 Å². The van der Waals surface area contributed by atoms with Gasteiger partial charge < -0.3 is 14.7 Å². The van der Waals surface area contributed by atoms with Gasteiger partial charge in [-0.05, 0) is 59.4 Å². The summed E-state index contributed by atoms with van der Waals surface area (Å²) in [6.45, 7) is 0.771. The molecule has 3 aromatic rings. The minimum Gasteiger partial charge on any atom is -0.481 e. The first kappa shape index (κ1) is 22.7. The smallest absolute Gasteiger partial charge is 0.411 e. The SMILES string of the molecule is O=C(O)C[C@H]1CCCN1C(=O)c1ccc(NC(=O)OCC2c3ccccc3-c3ccccc32)cc1. The first-order valence-corrected chi connectivity index (χ1v) is 11.8. The van der Waals surface area contributed by atoms with Gasteiger partial charge >= 0.3 is 12.1 Å². The second-order valence-electron chi connectivity index (χ2n) is 8.92. The van der Waals surface area contributed by atoms with E-state index in [1.54, 1.807) is 29.2 Å². The molecule has 1 fully saturated rings. The summed E-state index contributed by atoms with van der Waals surface area (Å²) in [6.07, 6.45) is 0.879. The first-order chi connectivity index (χ1) is 17.0. The highest BCUT2D eigenvalue weighted by Crippen LogP contribution is 2.44. The number of carbonyl (C=O) groups is 3. The predicted octanol–water partition coefficient (Wildman–Crippen LogP) is 5.13. The third kappa shape index (κ3) is 4.62.